The Kier molecular flexibility index (Phi) is 4.11. The van der Waals surface area contributed by atoms with Crippen LogP contribution in [0.3, 0.4) is 0 Å². The van der Waals surface area contributed by atoms with Gasteiger partial charge >= 0.3 is 0 Å². The molecule has 4 nitrogen and oxygen atoms in total. The highest BCUT2D eigenvalue weighted by Crippen LogP contribution is 2.25. The number of aromatic nitrogens is 1. The Hall–Kier alpha value is -2.38. The highest BCUT2D eigenvalue weighted by molar-refractivity contribution is 5.36. The Morgan fingerprint density at radius 3 is 2.84 bits per heavy atom. The van der Waals surface area contributed by atoms with Crippen LogP contribution in [-0.4, -0.2) is 10.1 Å². The van der Waals surface area contributed by atoms with E-state index in [4.69, 9.17) is 10.00 Å². The van der Waals surface area contributed by atoms with Gasteiger partial charge in [-0.1, -0.05) is 24.3 Å². The van der Waals surface area contributed by atoms with Gasteiger partial charge in [-0.3, -0.25) is 0 Å². The minimum Gasteiger partial charge on any atom is -0.488 e. The lowest BCUT2D eigenvalue weighted by atomic mass is 10.1. The van der Waals surface area contributed by atoms with Crippen molar-refractivity contribution in [2.45, 2.75) is 19.6 Å². The van der Waals surface area contributed by atoms with Crippen LogP contribution in [-0.2, 0) is 6.61 Å². The molecule has 0 aliphatic carbocycles. The first-order chi connectivity index (χ1) is 9.22. The lowest BCUT2D eigenvalue weighted by molar-refractivity contribution is 0.190. The maximum Gasteiger partial charge on any atom is 0.147 e. The second kappa shape index (κ2) is 5.98. The Labute approximate surface area is 111 Å². The molecule has 0 aliphatic heterocycles. The van der Waals surface area contributed by atoms with Crippen molar-refractivity contribution in [3.8, 4) is 11.8 Å². The molecular formula is C15H14N2O2. The van der Waals surface area contributed by atoms with Gasteiger partial charge in [0.05, 0.1) is 6.10 Å². The molecule has 4 heteroatoms. The Bertz CT molecular complexity index is 603. The summed E-state index contributed by atoms with van der Waals surface area (Å²) >= 11 is 0. The smallest absolute Gasteiger partial charge is 0.147 e. The number of para-hydroxylation sites is 1. The average molecular weight is 254 g/mol. The van der Waals surface area contributed by atoms with Crippen LogP contribution in [0.2, 0.25) is 0 Å². The standard InChI is InChI=1S/C15H14N2O2/c1-11(18)13-6-2-3-7-15(13)19-10-12-5-4-8-17-14(12)9-16/h2-8,11,18H,10H2,1H3/t11-/m1/s1. The van der Waals surface area contributed by atoms with Crippen molar-refractivity contribution >= 4 is 0 Å². The van der Waals surface area contributed by atoms with E-state index in [0.29, 0.717) is 11.4 Å². The molecule has 0 amide bonds. The van der Waals surface area contributed by atoms with Crippen LogP contribution in [0.15, 0.2) is 42.6 Å². The van der Waals surface area contributed by atoms with Gasteiger partial charge in [-0.15, -0.1) is 0 Å². The van der Waals surface area contributed by atoms with Gasteiger partial charge in [0.15, 0.2) is 0 Å². The molecule has 0 radical (unpaired) electrons. The summed E-state index contributed by atoms with van der Waals surface area (Å²) in [4.78, 5) is 3.98. The summed E-state index contributed by atoms with van der Waals surface area (Å²) in [5, 5.41) is 18.6. The first kappa shape index (κ1) is 13.1. The van der Waals surface area contributed by atoms with Crippen LogP contribution in [0.1, 0.15) is 29.8 Å². The van der Waals surface area contributed by atoms with E-state index in [0.717, 1.165) is 11.1 Å². The number of ether oxygens (including phenoxy) is 1. The first-order valence-corrected chi connectivity index (χ1v) is 5.96. The quantitative estimate of drug-likeness (QED) is 0.910. The number of hydrogen-bond donors (Lipinski definition) is 1. The minimum atomic E-state index is -0.597. The van der Waals surface area contributed by atoms with Crippen molar-refractivity contribution in [2.75, 3.05) is 0 Å². The number of pyridine rings is 1. The van der Waals surface area contributed by atoms with E-state index in [9.17, 15) is 5.11 Å². The molecule has 1 aromatic heterocycles. The van der Waals surface area contributed by atoms with Crippen molar-refractivity contribution in [1.29, 1.82) is 5.26 Å². The number of hydrogen-bond acceptors (Lipinski definition) is 4. The van der Waals surface area contributed by atoms with Crippen LogP contribution in [0.4, 0.5) is 0 Å². The van der Waals surface area contributed by atoms with Gasteiger partial charge in [0, 0.05) is 17.3 Å². The van der Waals surface area contributed by atoms with E-state index in [1.165, 1.54) is 0 Å². The molecule has 0 spiro atoms. The van der Waals surface area contributed by atoms with Gasteiger partial charge in [0.25, 0.3) is 0 Å². The zero-order valence-corrected chi connectivity index (χ0v) is 10.6. The molecule has 0 bridgehead atoms. The van der Waals surface area contributed by atoms with Crippen LogP contribution >= 0.6 is 0 Å². The van der Waals surface area contributed by atoms with Crippen molar-refractivity contribution < 1.29 is 9.84 Å². The first-order valence-electron chi connectivity index (χ1n) is 5.96. The fourth-order valence-corrected chi connectivity index (χ4v) is 1.77. The third kappa shape index (κ3) is 3.09. The molecule has 1 aromatic carbocycles. The molecule has 19 heavy (non-hydrogen) atoms. The van der Waals surface area contributed by atoms with E-state index < -0.39 is 6.10 Å². The number of aliphatic hydroxyl groups is 1. The average Bonchev–Trinajstić information content (AvgIpc) is 2.45. The SMILES string of the molecule is C[C@@H](O)c1ccccc1OCc1cccnc1C#N. The number of benzene rings is 1. The predicted octanol–water partition coefficient (Wildman–Crippen LogP) is 2.59. The van der Waals surface area contributed by atoms with Crippen LogP contribution < -0.4 is 4.74 Å². The summed E-state index contributed by atoms with van der Waals surface area (Å²) in [6, 6.07) is 12.9. The van der Waals surface area contributed by atoms with E-state index in [1.807, 2.05) is 24.3 Å². The lowest BCUT2D eigenvalue weighted by Gasteiger charge is -2.13. The highest BCUT2D eigenvalue weighted by Gasteiger charge is 2.09. The number of aliphatic hydroxyl groups excluding tert-OH is 1. The Morgan fingerprint density at radius 1 is 1.32 bits per heavy atom. The zero-order valence-electron chi connectivity index (χ0n) is 10.6. The molecule has 1 atom stereocenters. The molecule has 1 heterocycles. The number of nitriles is 1. The lowest BCUT2D eigenvalue weighted by Crippen LogP contribution is -2.03. The second-order valence-electron chi connectivity index (χ2n) is 4.13. The van der Waals surface area contributed by atoms with Gasteiger partial charge < -0.3 is 9.84 Å². The van der Waals surface area contributed by atoms with Crippen LogP contribution in [0.25, 0.3) is 0 Å². The molecule has 0 saturated carbocycles. The molecule has 0 aliphatic rings. The van der Waals surface area contributed by atoms with Gasteiger partial charge in [-0.25, -0.2) is 4.98 Å². The molecule has 2 rings (SSSR count). The van der Waals surface area contributed by atoms with Crippen LogP contribution in [0, 0.1) is 11.3 Å². The topological polar surface area (TPSA) is 66.1 Å². The third-order valence-corrected chi connectivity index (χ3v) is 2.75. The van der Waals surface area contributed by atoms with Crippen LogP contribution in [0.5, 0.6) is 5.75 Å². The second-order valence-corrected chi connectivity index (χ2v) is 4.13. The maximum atomic E-state index is 9.66. The number of rotatable bonds is 4. The highest BCUT2D eigenvalue weighted by atomic mass is 16.5. The summed E-state index contributed by atoms with van der Waals surface area (Å²) in [7, 11) is 0. The summed E-state index contributed by atoms with van der Waals surface area (Å²) in [6.07, 6.45) is 0.978. The fourth-order valence-electron chi connectivity index (χ4n) is 1.77. The van der Waals surface area contributed by atoms with Gasteiger partial charge in [0.2, 0.25) is 0 Å². The molecule has 0 fully saturated rings. The monoisotopic (exact) mass is 254 g/mol. The van der Waals surface area contributed by atoms with Crippen molar-refractivity contribution in [3.63, 3.8) is 0 Å². The van der Waals surface area contributed by atoms with E-state index >= 15 is 0 Å². The Balaban J connectivity index is 2.18. The summed E-state index contributed by atoms with van der Waals surface area (Å²) in [6.45, 7) is 1.94. The minimum absolute atomic E-state index is 0.250. The van der Waals surface area contributed by atoms with Crippen molar-refractivity contribution in [2.24, 2.45) is 0 Å². The van der Waals surface area contributed by atoms with Gasteiger partial charge in [-0.2, -0.15) is 5.26 Å². The van der Waals surface area contributed by atoms with Crippen molar-refractivity contribution in [1.82, 2.24) is 4.98 Å². The molecular weight excluding hydrogens is 240 g/mol. The maximum absolute atomic E-state index is 9.66. The van der Waals surface area contributed by atoms with Gasteiger partial charge in [-0.05, 0) is 19.1 Å². The van der Waals surface area contributed by atoms with E-state index in [2.05, 4.69) is 4.98 Å². The zero-order chi connectivity index (χ0) is 13.7. The fraction of sp³-hybridized carbons (Fsp3) is 0.200. The summed E-state index contributed by atoms with van der Waals surface area (Å²) in [5.41, 5.74) is 1.81. The van der Waals surface area contributed by atoms with E-state index in [-0.39, 0.29) is 6.61 Å². The predicted molar refractivity (Wildman–Crippen MR) is 70.4 cm³/mol. The summed E-state index contributed by atoms with van der Waals surface area (Å²) < 4.78 is 5.68. The normalized spacial score (nSPS) is 11.6. The van der Waals surface area contributed by atoms with Gasteiger partial charge in [0.1, 0.15) is 24.1 Å². The molecule has 0 unspecified atom stereocenters. The molecule has 2 aromatic rings. The Morgan fingerprint density at radius 2 is 2.11 bits per heavy atom. The van der Waals surface area contributed by atoms with Crippen molar-refractivity contribution in [3.05, 3.63) is 59.4 Å². The largest absolute Gasteiger partial charge is 0.488 e. The number of nitrogens with zero attached hydrogens (tertiary/aromatic N) is 2. The molecule has 1 N–H and O–H groups in total. The summed E-state index contributed by atoms with van der Waals surface area (Å²) in [5.74, 6) is 0.616. The van der Waals surface area contributed by atoms with E-state index in [1.54, 1.807) is 31.3 Å². The molecule has 0 saturated heterocycles. The molecule has 96 valence electrons. The third-order valence-electron chi connectivity index (χ3n) is 2.75.